The normalized spacial score (nSPS) is 12.8. The first-order valence-electron chi connectivity index (χ1n) is 5.61. The smallest absolute Gasteiger partial charge is 0.269 e. The van der Waals surface area contributed by atoms with Gasteiger partial charge in [0.2, 0.25) is 0 Å². The lowest BCUT2D eigenvalue weighted by Crippen LogP contribution is -2.12. The minimum absolute atomic E-state index is 0.0318. The van der Waals surface area contributed by atoms with Gasteiger partial charge in [-0.25, -0.2) is 0 Å². The van der Waals surface area contributed by atoms with Gasteiger partial charge in [0.05, 0.1) is 4.92 Å². The maximum Gasteiger partial charge on any atom is 0.269 e. The zero-order valence-electron chi connectivity index (χ0n) is 10.0. The molecule has 0 unspecified atom stereocenters. The summed E-state index contributed by atoms with van der Waals surface area (Å²) in [5, 5.41) is 11.2. The minimum atomic E-state index is -0.436. The highest BCUT2D eigenvalue weighted by atomic mass is 35.5. The molecule has 94 valence electrons. The van der Waals surface area contributed by atoms with Crippen LogP contribution in [0.1, 0.15) is 38.3 Å². The maximum atomic E-state index is 10.7. The molecule has 1 rings (SSSR count). The second-order valence-corrected chi connectivity index (χ2v) is 4.95. The first-order chi connectivity index (χ1) is 7.91. The molecule has 1 aromatic carbocycles. The van der Waals surface area contributed by atoms with E-state index in [0.717, 1.165) is 12.8 Å². The van der Waals surface area contributed by atoms with Gasteiger partial charge in [-0.3, -0.25) is 10.1 Å². The van der Waals surface area contributed by atoms with Crippen LogP contribution in [0.15, 0.2) is 18.2 Å². The Morgan fingerprint density at radius 2 is 2.06 bits per heavy atom. The zero-order chi connectivity index (χ0) is 13.0. The SMILES string of the molecule is CC(C)CC[C@H](N)c1cc([N+](=O)[O-])ccc1Cl. The number of halogens is 1. The van der Waals surface area contributed by atoms with E-state index in [2.05, 4.69) is 13.8 Å². The Balaban J connectivity index is 2.87. The summed E-state index contributed by atoms with van der Waals surface area (Å²) in [7, 11) is 0. The Labute approximate surface area is 106 Å². The topological polar surface area (TPSA) is 69.2 Å². The molecule has 1 aromatic rings. The van der Waals surface area contributed by atoms with Crippen LogP contribution in [0.3, 0.4) is 0 Å². The third-order valence-electron chi connectivity index (χ3n) is 2.64. The Morgan fingerprint density at radius 1 is 1.41 bits per heavy atom. The van der Waals surface area contributed by atoms with Crippen LogP contribution in [0.25, 0.3) is 0 Å². The number of nitrogens with two attached hydrogens (primary N) is 1. The van der Waals surface area contributed by atoms with Gasteiger partial charge in [0.25, 0.3) is 5.69 Å². The first kappa shape index (κ1) is 13.9. The molecule has 4 nitrogen and oxygen atoms in total. The van der Waals surface area contributed by atoms with Crippen LogP contribution in [0.4, 0.5) is 5.69 Å². The van der Waals surface area contributed by atoms with E-state index in [4.69, 9.17) is 17.3 Å². The van der Waals surface area contributed by atoms with Crippen LogP contribution < -0.4 is 5.73 Å². The molecule has 0 amide bonds. The molecule has 0 spiro atoms. The summed E-state index contributed by atoms with van der Waals surface area (Å²) in [5.41, 5.74) is 6.69. The molecule has 17 heavy (non-hydrogen) atoms. The third-order valence-corrected chi connectivity index (χ3v) is 2.99. The number of non-ortho nitro benzene ring substituents is 1. The van der Waals surface area contributed by atoms with Crippen molar-refractivity contribution in [2.75, 3.05) is 0 Å². The number of hydrogen-bond acceptors (Lipinski definition) is 3. The number of rotatable bonds is 5. The zero-order valence-corrected chi connectivity index (χ0v) is 10.8. The Morgan fingerprint density at radius 3 is 2.59 bits per heavy atom. The van der Waals surface area contributed by atoms with E-state index in [0.29, 0.717) is 16.5 Å². The summed E-state index contributed by atoms with van der Waals surface area (Å²) in [6.45, 7) is 4.23. The predicted molar refractivity (Wildman–Crippen MR) is 69.1 cm³/mol. The molecule has 2 N–H and O–H groups in total. The van der Waals surface area contributed by atoms with Crippen LogP contribution in [0.2, 0.25) is 5.02 Å². The van der Waals surface area contributed by atoms with Gasteiger partial charge in [0.15, 0.2) is 0 Å². The van der Waals surface area contributed by atoms with Gasteiger partial charge in [-0.2, -0.15) is 0 Å². The molecule has 0 aliphatic rings. The van der Waals surface area contributed by atoms with E-state index in [1.807, 2.05) is 0 Å². The largest absolute Gasteiger partial charge is 0.324 e. The van der Waals surface area contributed by atoms with Crippen molar-refractivity contribution in [3.05, 3.63) is 38.9 Å². The summed E-state index contributed by atoms with van der Waals surface area (Å²) in [4.78, 5) is 10.2. The molecule has 1 atom stereocenters. The molecule has 0 bridgehead atoms. The molecular weight excluding hydrogens is 240 g/mol. The lowest BCUT2D eigenvalue weighted by Gasteiger charge is -2.14. The number of hydrogen-bond donors (Lipinski definition) is 1. The van der Waals surface area contributed by atoms with E-state index in [1.165, 1.54) is 18.2 Å². The fourth-order valence-corrected chi connectivity index (χ4v) is 1.85. The van der Waals surface area contributed by atoms with Crippen molar-refractivity contribution in [3.8, 4) is 0 Å². The third kappa shape index (κ3) is 3.98. The lowest BCUT2D eigenvalue weighted by atomic mass is 9.98. The van der Waals surface area contributed by atoms with Crippen molar-refractivity contribution >= 4 is 17.3 Å². The fourth-order valence-electron chi connectivity index (χ4n) is 1.60. The fraction of sp³-hybridized carbons (Fsp3) is 0.500. The van der Waals surface area contributed by atoms with E-state index < -0.39 is 4.92 Å². The summed E-state index contributed by atoms with van der Waals surface area (Å²) < 4.78 is 0. The molecule has 5 heteroatoms. The highest BCUT2D eigenvalue weighted by molar-refractivity contribution is 6.31. The summed E-state index contributed by atoms with van der Waals surface area (Å²) in [6, 6.07) is 4.14. The predicted octanol–water partition coefficient (Wildman–Crippen LogP) is 3.68. The average Bonchev–Trinajstić information content (AvgIpc) is 2.26. The minimum Gasteiger partial charge on any atom is -0.324 e. The Kier molecular flexibility index (Phi) is 4.90. The van der Waals surface area contributed by atoms with Crippen LogP contribution >= 0.6 is 11.6 Å². The van der Waals surface area contributed by atoms with Gasteiger partial charge in [-0.15, -0.1) is 0 Å². The Hall–Kier alpha value is -1.13. The van der Waals surface area contributed by atoms with E-state index in [9.17, 15) is 10.1 Å². The highest BCUT2D eigenvalue weighted by Gasteiger charge is 2.15. The molecular formula is C12H17ClN2O2. The Bertz CT molecular complexity index is 407. The van der Waals surface area contributed by atoms with Crippen molar-refractivity contribution in [2.45, 2.75) is 32.7 Å². The van der Waals surface area contributed by atoms with E-state index >= 15 is 0 Å². The van der Waals surface area contributed by atoms with Gasteiger partial charge in [0.1, 0.15) is 0 Å². The van der Waals surface area contributed by atoms with E-state index in [1.54, 1.807) is 0 Å². The van der Waals surface area contributed by atoms with Crippen molar-refractivity contribution in [3.63, 3.8) is 0 Å². The molecule has 0 aliphatic carbocycles. The molecule has 0 fully saturated rings. The summed E-state index contributed by atoms with van der Waals surface area (Å²) in [6.07, 6.45) is 1.75. The molecule has 0 saturated heterocycles. The second kappa shape index (κ2) is 5.98. The van der Waals surface area contributed by atoms with Crippen molar-refractivity contribution in [2.24, 2.45) is 11.7 Å². The van der Waals surface area contributed by atoms with Crippen molar-refractivity contribution < 1.29 is 4.92 Å². The summed E-state index contributed by atoms with van der Waals surface area (Å²) in [5.74, 6) is 0.554. The molecule has 0 heterocycles. The van der Waals surface area contributed by atoms with Crippen LogP contribution in [-0.4, -0.2) is 4.92 Å². The quantitative estimate of drug-likeness (QED) is 0.645. The van der Waals surface area contributed by atoms with Gasteiger partial charge >= 0.3 is 0 Å². The maximum absolute atomic E-state index is 10.7. The lowest BCUT2D eigenvalue weighted by molar-refractivity contribution is -0.384. The molecule has 0 saturated carbocycles. The van der Waals surface area contributed by atoms with Crippen LogP contribution in [0.5, 0.6) is 0 Å². The van der Waals surface area contributed by atoms with Crippen LogP contribution in [-0.2, 0) is 0 Å². The van der Waals surface area contributed by atoms with Gasteiger partial charge < -0.3 is 5.73 Å². The molecule has 0 aromatic heterocycles. The van der Waals surface area contributed by atoms with Crippen LogP contribution in [0, 0.1) is 16.0 Å². The first-order valence-corrected chi connectivity index (χ1v) is 5.99. The van der Waals surface area contributed by atoms with E-state index in [-0.39, 0.29) is 11.7 Å². The van der Waals surface area contributed by atoms with Crippen molar-refractivity contribution in [1.82, 2.24) is 0 Å². The molecule has 0 radical (unpaired) electrons. The number of nitrogens with zero attached hydrogens (tertiary/aromatic N) is 1. The monoisotopic (exact) mass is 256 g/mol. The molecule has 0 aliphatic heterocycles. The standard InChI is InChI=1S/C12H17ClN2O2/c1-8(2)3-6-12(14)10-7-9(15(16)17)4-5-11(10)13/h4-5,7-8,12H,3,6,14H2,1-2H3/t12-/m0/s1. The number of benzene rings is 1. The number of nitro benzene ring substituents is 1. The second-order valence-electron chi connectivity index (χ2n) is 4.54. The summed E-state index contributed by atoms with van der Waals surface area (Å²) >= 11 is 6.01. The highest BCUT2D eigenvalue weighted by Crippen LogP contribution is 2.29. The average molecular weight is 257 g/mol. The van der Waals surface area contributed by atoms with Gasteiger partial charge in [-0.1, -0.05) is 25.4 Å². The number of nitro groups is 1. The van der Waals surface area contributed by atoms with Gasteiger partial charge in [-0.05, 0) is 30.4 Å². The van der Waals surface area contributed by atoms with Gasteiger partial charge in [0, 0.05) is 23.2 Å². The van der Waals surface area contributed by atoms with Crippen molar-refractivity contribution in [1.29, 1.82) is 0 Å².